The molecule has 2 aromatic heterocycles. The highest BCUT2D eigenvalue weighted by Crippen LogP contribution is 2.35. The smallest absolute Gasteiger partial charge is 0.291 e. The van der Waals surface area contributed by atoms with Crippen molar-refractivity contribution in [2.75, 3.05) is 19.0 Å². The summed E-state index contributed by atoms with van der Waals surface area (Å²) in [4.78, 5) is 14.9. The second-order valence-corrected chi connectivity index (χ2v) is 8.00. The van der Waals surface area contributed by atoms with Gasteiger partial charge in [0.05, 0.1) is 19.7 Å². The molecule has 0 radical (unpaired) electrons. The number of hydrogen-bond donors (Lipinski definition) is 1. The number of amides is 1. The van der Waals surface area contributed by atoms with Crippen LogP contribution in [0.2, 0.25) is 0 Å². The van der Waals surface area contributed by atoms with E-state index in [9.17, 15) is 9.18 Å². The normalized spacial score (nSPS) is 15.8. The zero-order valence-corrected chi connectivity index (χ0v) is 18.2. The maximum atomic E-state index is 13.1. The molecule has 0 spiro atoms. The predicted molar refractivity (Wildman–Crippen MR) is 123 cm³/mol. The first-order valence-corrected chi connectivity index (χ1v) is 10.8. The number of rotatable bonds is 6. The van der Waals surface area contributed by atoms with E-state index in [1.54, 1.807) is 13.2 Å². The van der Waals surface area contributed by atoms with Crippen LogP contribution in [-0.4, -0.2) is 29.0 Å². The number of halogens is 1. The molecule has 5 rings (SSSR count). The molecule has 33 heavy (non-hydrogen) atoms. The van der Waals surface area contributed by atoms with Gasteiger partial charge < -0.3 is 19.0 Å². The number of aromatic nitrogens is 1. The Kier molecular flexibility index (Phi) is 5.71. The lowest BCUT2D eigenvalue weighted by atomic mass is 9.99. The highest BCUT2D eigenvalue weighted by molar-refractivity contribution is 6.02. The molecule has 6 nitrogen and oxygen atoms in total. The summed E-state index contributed by atoms with van der Waals surface area (Å²) in [5.74, 6) is 1.00. The fourth-order valence-corrected chi connectivity index (χ4v) is 4.31. The van der Waals surface area contributed by atoms with E-state index in [2.05, 4.69) is 45.2 Å². The van der Waals surface area contributed by atoms with Crippen molar-refractivity contribution < 1.29 is 18.3 Å². The van der Waals surface area contributed by atoms with Gasteiger partial charge in [0.15, 0.2) is 5.76 Å². The van der Waals surface area contributed by atoms with Crippen LogP contribution in [0.25, 0.3) is 0 Å². The Labute approximate surface area is 191 Å². The molecule has 4 aromatic rings. The van der Waals surface area contributed by atoms with Crippen molar-refractivity contribution in [3.63, 3.8) is 0 Å². The summed E-state index contributed by atoms with van der Waals surface area (Å²) in [5, 5.41) is 2.73. The van der Waals surface area contributed by atoms with E-state index in [4.69, 9.17) is 9.15 Å². The van der Waals surface area contributed by atoms with E-state index in [0.29, 0.717) is 18.0 Å². The number of ether oxygens (including phenoxy) is 1. The number of nitrogens with zero attached hydrogens (tertiary/aromatic N) is 2. The highest BCUT2D eigenvalue weighted by atomic mass is 19.1. The Morgan fingerprint density at radius 3 is 2.76 bits per heavy atom. The van der Waals surface area contributed by atoms with Gasteiger partial charge in [0.25, 0.3) is 5.91 Å². The molecule has 1 atom stereocenters. The van der Waals surface area contributed by atoms with E-state index in [1.807, 2.05) is 18.2 Å². The van der Waals surface area contributed by atoms with Crippen LogP contribution in [0.1, 0.15) is 33.6 Å². The minimum absolute atomic E-state index is 0.0328. The standard InChI is InChI=1S/C26H24FN3O3/c1-32-21-5-2-4-18(16-21)25-23-6-3-13-29(23)14-15-30(25)17-22-11-12-24(33-22)26(31)28-20-9-7-19(27)8-10-20/h2-13,16,25H,14-15,17H2,1H3,(H,28,31). The number of hydrogen-bond acceptors (Lipinski definition) is 4. The van der Waals surface area contributed by atoms with Gasteiger partial charge in [-0.05, 0) is 66.2 Å². The summed E-state index contributed by atoms with van der Waals surface area (Å²) in [6, 6.07) is 21.5. The number of methoxy groups -OCH3 is 1. The summed E-state index contributed by atoms with van der Waals surface area (Å²) in [7, 11) is 1.67. The molecule has 0 fully saturated rings. The summed E-state index contributed by atoms with van der Waals surface area (Å²) < 4.78 is 26.7. The largest absolute Gasteiger partial charge is 0.497 e. The van der Waals surface area contributed by atoms with Crippen LogP contribution >= 0.6 is 0 Å². The van der Waals surface area contributed by atoms with Crippen molar-refractivity contribution in [1.29, 1.82) is 0 Å². The lowest BCUT2D eigenvalue weighted by Crippen LogP contribution is -2.37. The first-order valence-electron chi connectivity index (χ1n) is 10.8. The van der Waals surface area contributed by atoms with Gasteiger partial charge in [-0.3, -0.25) is 9.69 Å². The van der Waals surface area contributed by atoms with E-state index in [-0.39, 0.29) is 23.5 Å². The number of carbonyl (C=O) groups is 1. The summed E-state index contributed by atoms with van der Waals surface area (Å²) in [6.45, 7) is 2.26. The molecule has 2 aromatic carbocycles. The van der Waals surface area contributed by atoms with Crippen molar-refractivity contribution in [2.24, 2.45) is 0 Å². The van der Waals surface area contributed by atoms with Crippen LogP contribution < -0.4 is 10.1 Å². The Morgan fingerprint density at radius 1 is 1.09 bits per heavy atom. The van der Waals surface area contributed by atoms with E-state index >= 15 is 0 Å². The quantitative estimate of drug-likeness (QED) is 0.449. The maximum absolute atomic E-state index is 13.1. The predicted octanol–water partition coefficient (Wildman–Crippen LogP) is 5.09. The zero-order chi connectivity index (χ0) is 22.8. The number of fused-ring (bicyclic) bond motifs is 1. The highest BCUT2D eigenvalue weighted by Gasteiger charge is 2.30. The number of anilines is 1. The molecular formula is C26H24FN3O3. The zero-order valence-electron chi connectivity index (χ0n) is 18.2. The molecule has 0 saturated carbocycles. The molecule has 3 heterocycles. The van der Waals surface area contributed by atoms with Crippen LogP contribution in [0.15, 0.2) is 83.4 Å². The van der Waals surface area contributed by atoms with Crippen LogP contribution in [0, 0.1) is 5.82 Å². The molecule has 1 aliphatic rings. The molecule has 168 valence electrons. The summed E-state index contributed by atoms with van der Waals surface area (Å²) >= 11 is 0. The van der Waals surface area contributed by atoms with Crippen molar-refractivity contribution in [3.05, 3.63) is 108 Å². The SMILES string of the molecule is COc1cccc(C2c3cccn3CCN2Cc2ccc(C(=O)Nc3ccc(F)cc3)o2)c1. The molecule has 1 unspecified atom stereocenters. The molecule has 1 aliphatic heterocycles. The minimum atomic E-state index is -0.371. The monoisotopic (exact) mass is 445 g/mol. The van der Waals surface area contributed by atoms with Gasteiger partial charge in [-0.2, -0.15) is 0 Å². The molecule has 1 amide bonds. The lowest BCUT2D eigenvalue weighted by molar-refractivity contribution is 0.0989. The van der Waals surface area contributed by atoms with E-state index < -0.39 is 0 Å². The second kappa shape index (κ2) is 8.96. The first kappa shape index (κ1) is 21.0. The lowest BCUT2D eigenvalue weighted by Gasteiger charge is -2.37. The van der Waals surface area contributed by atoms with Gasteiger partial charge in [-0.25, -0.2) is 4.39 Å². The number of furan rings is 1. The van der Waals surface area contributed by atoms with Gasteiger partial charge in [0.2, 0.25) is 0 Å². The Balaban J connectivity index is 1.36. The van der Waals surface area contributed by atoms with Crippen molar-refractivity contribution in [1.82, 2.24) is 9.47 Å². The van der Waals surface area contributed by atoms with Gasteiger partial charge >= 0.3 is 0 Å². The van der Waals surface area contributed by atoms with Gasteiger partial charge in [0, 0.05) is 30.7 Å². The van der Waals surface area contributed by atoms with Crippen LogP contribution in [0.3, 0.4) is 0 Å². The summed E-state index contributed by atoms with van der Waals surface area (Å²) in [5.41, 5.74) is 2.85. The first-order chi connectivity index (χ1) is 16.1. The van der Waals surface area contributed by atoms with Crippen molar-refractivity contribution in [2.45, 2.75) is 19.1 Å². The molecular weight excluding hydrogens is 421 g/mol. The molecule has 7 heteroatoms. The van der Waals surface area contributed by atoms with Gasteiger partial charge in [-0.15, -0.1) is 0 Å². The van der Waals surface area contributed by atoms with E-state index in [1.165, 1.54) is 30.0 Å². The maximum Gasteiger partial charge on any atom is 0.291 e. The molecule has 1 N–H and O–H groups in total. The Bertz CT molecular complexity index is 1260. The van der Waals surface area contributed by atoms with Crippen LogP contribution in [0.5, 0.6) is 5.75 Å². The van der Waals surface area contributed by atoms with Crippen LogP contribution in [0.4, 0.5) is 10.1 Å². The Hall–Kier alpha value is -3.84. The molecule has 0 aliphatic carbocycles. The molecule has 0 saturated heterocycles. The Morgan fingerprint density at radius 2 is 1.94 bits per heavy atom. The fraction of sp³-hybridized carbons (Fsp3) is 0.192. The van der Waals surface area contributed by atoms with E-state index in [0.717, 1.165) is 24.4 Å². The van der Waals surface area contributed by atoms with Gasteiger partial charge in [-0.1, -0.05) is 12.1 Å². The fourth-order valence-electron chi connectivity index (χ4n) is 4.31. The van der Waals surface area contributed by atoms with Crippen LogP contribution in [-0.2, 0) is 13.1 Å². The van der Waals surface area contributed by atoms with Crippen molar-refractivity contribution >= 4 is 11.6 Å². The van der Waals surface area contributed by atoms with Crippen molar-refractivity contribution in [3.8, 4) is 5.75 Å². The van der Waals surface area contributed by atoms with Gasteiger partial charge in [0.1, 0.15) is 17.3 Å². The number of nitrogens with one attached hydrogen (secondary N) is 1. The number of benzene rings is 2. The third-order valence-corrected chi connectivity index (χ3v) is 5.89. The number of carbonyl (C=O) groups excluding carboxylic acids is 1. The average molecular weight is 445 g/mol. The third kappa shape index (κ3) is 4.40. The second-order valence-electron chi connectivity index (χ2n) is 8.00. The summed E-state index contributed by atoms with van der Waals surface area (Å²) in [6.07, 6.45) is 2.10. The topological polar surface area (TPSA) is 59.6 Å². The average Bonchev–Trinajstić information content (AvgIpc) is 3.50. The minimum Gasteiger partial charge on any atom is -0.497 e. The third-order valence-electron chi connectivity index (χ3n) is 5.89. The molecule has 0 bridgehead atoms.